The van der Waals surface area contributed by atoms with E-state index >= 15 is 0 Å². The lowest BCUT2D eigenvalue weighted by molar-refractivity contribution is 0.246. The van der Waals surface area contributed by atoms with E-state index in [0.717, 1.165) is 17.0 Å². The lowest BCUT2D eigenvalue weighted by atomic mass is 10.1. The molecular formula is C22H24N4O4. The summed E-state index contributed by atoms with van der Waals surface area (Å²) in [6, 6.07) is 18.0. The maximum atomic E-state index is 12.1. The van der Waals surface area contributed by atoms with E-state index in [2.05, 4.69) is 20.8 Å². The molecule has 0 aliphatic heterocycles. The molecule has 2 N–H and O–H groups in total. The number of rotatable bonds is 9. The minimum Gasteiger partial charge on any atom is -0.497 e. The van der Waals surface area contributed by atoms with E-state index in [9.17, 15) is 4.79 Å². The second kappa shape index (κ2) is 10.7. The van der Waals surface area contributed by atoms with Crippen molar-refractivity contribution in [1.29, 1.82) is 0 Å². The van der Waals surface area contributed by atoms with E-state index in [-0.39, 0.29) is 12.6 Å². The van der Waals surface area contributed by atoms with Crippen LogP contribution in [0.25, 0.3) is 11.3 Å². The zero-order chi connectivity index (χ0) is 21.2. The molecule has 3 rings (SSSR count). The highest BCUT2D eigenvalue weighted by molar-refractivity contribution is 5.90. The molecule has 0 atom stereocenters. The van der Waals surface area contributed by atoms with Crippen LogP contribution in [-0.2, 0) is 0 Å². The predicted octanol–water partition coefficient (Wildman–Crippen LogP) is 3.75. The van der Waals surface area contributed by atoms with Gasteiger partial charge in [0.25, 0.3) is 0 Å². The number of aromatic nitrogens is 2. The Hall–Kier alpha value is -3.81. The molecule has 0 saturated carbocycles. The van der Waals surface area contributed by atoms with Gasteiger partial charge in [-0.15, -0.1) is 10.2 Å². The molecule has 1 aromatic heterocycles. The molecule has 0 aliphatic rings. The number of amides is 2. The number of ether oxygens (including phenoxy) is 3. The van der Waals surface area contributed by atoms with Crippen molar-refractivity contribution in [1.82, 2.24) is 15.5 Å². The fourth-order valence-electron chi connectivity index (χ4n) is 2.65. The first-order valence-corrected chi connectivity index (χ1v) is 9.57. The Labute approximate surface area is 175 Å². The molecule has 2 aromatic carbocycles. The lowest BCUT2D eigenvalue weighted by Gasteiger charge is -2.12. The van der Waals surface area contributed by atoms with Crippen LogP contribution in [0.1, 0.15) is 6.92 Å². The third-order valence-electron chi connectivity index (χ3n) is 4.10. The predicted molar refractivity (Wildman–Crippen MR) is 114 cm³/mol. The number of nitrogens with zero attached hydrogens (tertiary/aromatic N) is 2. The molecule has 3 aromatic rings. The van der Waals surface area contributed by atoms with Crippen LogP contribution < -0.4 is 24.8 Å². The average molecular weight is 408 g/mol. The van der Waals surface area contributed by atoms with Crippen LogP contribution in [0.4, 0.5) is 10.5 Å². The fourth-order valence-corrected chi connectivity index (χ4v) is 2.65. The molecule has 0 bridgehead atoms. The van der Waals surface area contributed by atoms with Crippen molar-refractivity contribution in [3.8, 4) is 28.6 Å². The van der Waals surface area contributed by atoms with Gasteiger partial charge in [-0.25, -0.2) is 4.79 Å². The molecule has 0 unspecified atom stereocenters. The number of methoxy groups -OCH3 is 1. The largest absolute Gasteiger partial charge is 0.497 e. The fraction of sp³-hybridized carbons (Fsp3) is 0.227. The first-order chi connectivity index (χ1) is 14.7. The van der Waals surface area contributed by atoms with Gasteiger partial charge < -0.3 is 24.8 Å². The highest BCUT2D eigenvalue weighted by Gasteiger charge is 2.07. The summed E-state index contributed by atoms with van der Waals surface area (Å²) in [4.78, 5) is 12.1. The molecular weight excluding hydrogens is 384 g/mol. The van der Waals surface area contributed by atoms with Gasteiger partial charge in [0, 0.05) is 11.6 Å². The van der Waals surface area contributed by atoms with E-state index in [1.165, 1.54) is 0 Å². The van der Waals surface area contributed by atoms with Gasteiger partial charge in [0.05, 0.1) is 31.6 Å². The summed E-state index contributed by atoms with van der Waals surface area (Å²) in [6.45, 7) is 2.98. The third kappa shape index (κ3) is 5.84. The summed E-state index contributed by atoms with van der Waals surface area (Å²) in [5.74, 6) is 1.79. The van der Waals surface area contributed by atoms with E-state index in [4.69, 9.17) is 14.2 Å². The Bertz CT molecular complexity index is 946. The number of carbonyl (C=O) groups is 1. The van der Waals surface area contributed by atoms with E-state index in [1.54, 1.807) is 25.3 Å². The maximum Gasteiger partial charge on any atom is 0.319 e. The van der Waals surface area contributed by atoms with Crippen LogP contribution in [-0.4, -0.2) is 43.1 Å². The van der Waals surface area contributed by atoms with Gasteiger partial charge in [-0.3, -0.25) is 0 Å². The molecule has 2 amide bonds. The second-order valence-electron chi connectivity index (χ2n) is 6.14. The second-order valence-corrected chi connectivity index (χ2v) is 6.14. The molecule has 0 aliphatic carbocycles. The van der Waals surface area contributed by atoms with Crippen molar-refractivity contribution in [3.05, 3.63) is 60.7 Å². The zero-order valence-electron chi connectivity index (χ0n) is 16.9. The Balaban J connectivity index is 1.43. The van der Waals surface area contributed by atoms with Gasteiger partial charge in [0.2, 0.25) is 5.88 Å². The van der Waals surface area contributed by atoms with Gasteiger partial charge in [-0.05, 0) is 49.4 Å². The Morgan fingerprint density at radius 3 is 2.47 bits per heavy atom. The van der Waals surface area contributed by atoms with Crippen molar-refractivity contribution in [2.45, 2.75) is 6.92 Å². The zero-order valence-corrected chi connectivity index (χ0v) is 16.9. The molecule has 0 fully saturated rings. The molecule has 156 valence electrons. The third-order valence-corrected chi connectivity index (χ3v) is 4.10. The summed E-state index contributed by atoms with van der Waals surface area (Å²) >= 11 is 0. The SMILES string of the molecule is CCOc1ccccc1NC(=O)NCCOc1ccc(-c2ccc(OC)cc2)nn1. The highest BCUT2D eigenvalue weighted by Crippen LogP contribution is 2.23. The minimum absolute atomic E-state index is 0.261. The molecule has 8 heteroatoms. The van der Waals surface area contributed by atoms with Gasteiger partial charge >= 0.3 is 6.03 Å². The van der Waals surface area contributed by atoms with Gasteiger partial charge in [0.1, 0.15) is 18.1 Å². The van der Waals surface area contributed by atoms with Crippen molar-refractivity contribution in [2.75, 3.05) is 32.2 Å². The van der Waals surface area contributed by atoms with Crippen LogP contribution in [0.3, 0.4) is 0 Å². The quantitative estimate of drug-likeness (QED) is 0.524. The first-order valence-electron chi connectivity index (χ1n) is 9.57. The van der Waals surface area contributed by atoms with Crippen LogP contribution in [0, 0.1) is 0 Å². The van der Waals surface area contributed by atoms with Crippen molar-refractivity contribution < 1.29 is 19.0 Å². The number of para-hydroxylation sites is 2. The molecule has 30 heavy (non-hydrogen) atoms. The lowest BCUT2D eigenvalue weighted by Crippen LogP contribution is -2.32. The standard InChI is InChI=1S/C22H24N4O4/c1-3-29-20-7-5-4-6-19(20)24-22(27)23-14-15-30-21-13-12-18(25-26-21)16-8-10-17(28-2)11-9-16/h4-13H,3,14-15H2,1-2H3,(H2,23,24,27). The number of carbonyl (C=O) groups excluding carboxylic acids is 1. The normalized spacial score (nSPS) is 10.2. The van der Waals surface area contributed by atoms with Crippen LogP contribution in [0.5, 0.6) is 17.4 Å². The Kier molecular flexibility index (Phi) is 7.43. The smallest absolute Gasteiger partial charge is 0.319 e. The molecule has 0 spiro atoms. The Morgan fingerprint density at radius 1 is 0.967 bits per heavy atom. The summed E-state index contributed by atoms with van der Waals surface area (Å²) in [7, 11) is 1.62. The number of benzene rings is 2. The number of nitrogens with one attached hydrogen (secondary N) is 2. The summed E-state index contributed by atoms with van der Waals surface area (Å²) in [5, 5.41) is 13.7. The van der Waals surface area contributed by atoms with Crippen LogP contribution >= 0.6 is 0 Å². The van der Waals surface area contributed by atoms with Crippen molar-refractivity contribution >= 4 is 11.7 Å². The number of hydrogen-bond acceptors (Lipinski definition) is 6. The van der Waals surface area contributed by atoms with Gasteiger partial charge in [0.15, 0.2) is 0 Å². The molecule has 8 nitrogen and oxygen atoms in total. The average Bonchev–Trinajstić information content (AvgIpc) is 2.79. The summed E-state index contributed by atoms with van der Waals surface area (Å²) in [6.07, 6.45) is 0. The van der Waals surface area contributed by atoms with E-state index in [0.29, 0.717) is 30.5 Å². The molecule has 1 heterocycles. The van der Waals surface area contributed by atoms with E-state index < -0.39 is 0 Å². The van der Waals surface area contributed by atoms with Gasteiger partial charge in [-0.1, -0.05) is 12.1 Å². The summed E-state index contributed by atoms with van der Waals surface area (Å²) in [5.41, 5.74) is 2.27. The first kappa shape index (κ1) is 20.9. The number of urea groups is 1. The van der Waals surface area contributed by atoms with E-state index in [1.807, 2.05) is 49.4 Å². The van der Waals surface area contributed by atoms with Crippen LogP contribution in [0.15, 0.2) is 60.7 Å². The van der Waals surface area contributed by atoms with Crippen molar-refractivity contribution in [2.24, 2.45) is 0 Å². The Morgan fingerprint density at radius 2 is 1.77 bits per heavy atom. The number of hydrogen-bond donors (Lipinski definition) is 2. The molecule has 0 radical (unpaired) electrons. The van der Waals surface area contributed by atoms with Crippen molar-refractivity contribution in [3.63, 3.8) is 0 Å². The van der Waals surface area contributed by atoms with Crippen LogP contribution in [0.2, 0.25) is 0 Å². The highest BCUT2D eigenvalue weighted by atomic mass is 16.5. The minimum atomic E-state index is -0.341. The van der Waals surface area contributed by atoms with Gasteiger partial charge in [-0.2, -0.15) is 0 Å². The topological polar surface area (TPSA) is 94.6 Å². The monoisotopic (exact) mass is 408 g/mol. The maximum absolute atomic E-state index is 12.1. The number of anilines is 1. The molecule has 0 saturated heterocycles. The summed E-state index contributed by atoms with van der Waals surface area (Å²) < 4.78 is 16.2.